The number of nitrogen functional groups attached to an aromatic ring is 1. The van der Waals surface area contributed by atoms with E-state index in [1.54, 1.807) is 60.7 Å². The largest absolute Gasteiger partial charge is 0.418 e. The van der Waals surface area contributed by atoms with Crippen molar-refractivity contribution in [3.8, 4) is 11.5 Å². The summed E-state index contributed by atoms with van der Waals surface area (Å²) in [4.78, 5) is 21.8. The molecule has 1 amide bonds. The minimum absolute atomic E-state index is 0. The molecule has 0 aliphatic carbocycles. The minimum Gasteiger partial charge on any atom is -0.415 e. The number of ether oxygens (including phenoxy) is 2. The zero-order valence-corrected chi connectivity index (χ0v) is 23.5. The predicted molar refractivity (Wildman–Crippen MR) is 156 cm³/mol. The third-order valence-corrected chi connectivity index (χ3v) is 4.72. The summed E-state index contributed by atoms with van der Waals surface area (Å²) in [7, 11) is 0. The fraction of sp³-hybridized carbons (Fsp3) is 0.310. The first-order chi connectivity index (χ1) is 18.2. The van der Waals surface area contributed by atoms with Crippen LogP contribution in [0.2, 0.25) is 0 Å². The van der Waals surface area contributed by atoms with Gasteiger partial charge in [-0.15, -0.1) is 0 Å². The molecule has 0 aliphatic heterocycles. The maximum atomic E-state index is 11.6. The molecule has 4 rings (SSSR count). The van der Waals surface area contributed by atoms with Crippen molar-refractivity contribution in [3.05, 3.63) is 84.3 Å². The monoisotopic (exact) mass is 572 g/mol. The second kappa shape index (κ2) is 15.3. The number of nitrogens with zero attached hydrogens (tertiary/aromatic N) is 2. The Morgan fingerprint density at radius 3 is 1.60 bits per heavy atom. The van der Waals surface area contributed by atoms with Crippen LogP contribution in [0.25, 0.3) is 0 Å². The van der Waals surface area contributed by atoms with Crippen molar-refractivity contribution in [2.45, 2.75) is 59.8 Å². The van der Waals surface area contributed by atoms with E-state index in [0.29, 0.717) is 28.9 Å². The molecule has 216 valence electrons. The van der Waals surface area contributed by atoms with Crippen LogP contribution in [0.5, 0.6) is 11.5 Å². The Balaban J connectivity index is 0.000000324. The number of rotatable bonds is 3. The van der Waals surface area contributed by atoms with Crippen molar-refractivity contribution >= 4 is 34.8 Å². The van der Waals surface area contributed by atoms with Gasteiger partial charge in [-0.25, -0.2) is 9.59 Å². The van der Waals surface area contributed by atoms with Crippen molar-refractivity contribution in [3.63, 3.8) is 0 Å². The summed E-state index contributed by atoms with van der Waals surface area (Å²) in [5, 5.41) is 9.88. The number of amides is 1. The number of para-hydroxylation sites is 2. The minimum atomic E-state index is -0.814. The summed E-state index contributed by atoms with van der Waals surface area (Å²) >= 11 is 4.95. The third-order valence-electron chi connectivity index (χ3n) is 4.64. The van der Waals surface area contributed by atoms with E-state index in [1.807, 2.05) is 53.7 Å². The Hall–Kier alpha value is -4.31. The number of hydrogen-bond acceptors (Lipinski definition) is 9. The Bertz CT molecular complexity index is 1310. The summed E-state index contributed by atoms with van der Waals surface area (Å²) in [6.45, 7) is 12.1. The van der Waals surface area contributed by atoms with Crippen molar-refractivity contribution in [1.29, 1.82) is 0 Å². The van der Waals surface area contributed by atoms with Gasteiger partial charge in [0.1, 0.15) is 23.0 Å². The number of carbonyl (C=O) groups excluding carboxylic acids is 2. The van der Waals surface area contributed by atoms with Crippen LogP contribution in [0.4, 0.5) is 21.2 Å². The van der Waals surface area contributed by atoms with Crippen LogP contribution in [-0.2, 0) is 10.8 Å². The first-order valence-corrected chi connectivity index (χ1v) is 12.3. The number of aromatic nitrogens is 2. The lowest BCUT2D eigenvalue weighted by Gasteiger charge is -2.12. The van der Waals surface area contributed by atoms with E-state index < -0.39 is 11.5 Å². The average Bonchev–Trinajstić information content (AvgIpc) is 3.50. The molecule has 0 unspecified atom stereocenters. The van der Waals surface area contributed by atoms with E-state index in [9.17, 15) is 9.59 Å². The highest BCUT2D eigenvalue weighted by Crippen LogP contribution is 2.25. The van der Waals surface area contributed by atoms with Crippen molar-refractivity contribution in [1.82, 2.24) is 10.3 Å². The van der Waals surface area contributed by atoms with Gasteiger partial charge in [0.05, 0.1) is 0 Å². The molecule has 0 atom stereocenters. The number of benzene rings is 2. The molecule has 0 aliphatic rings. The first-order valence-electron chi connectivity index (χ1n) is 11.9. The van der Waals surface area contributed by atoms with E-state index >= 15 is 0 Å². The van der Waals surface area contributed by atoms with Crippen LogP contribution in [0.15, 0.2) is 81.8 Å². The molecule has 3 N–H and O–H groups in total. The fourth-order valence-corrected chi connectivity index (χ4v) is 2.73. The van der Waals surface area contributed by atoms with Gasteiger partial charge in [-0.05, 0) is 24.3 Å². The maximum absolute atomic E-state index is 11.6. The van der Waals surface area contributed by atoms with Crippen LogP contribution < -0.4 is 20.5 Å². The molecule has 2 aromatic carbocycles. The molecular weight excluding hydrogens is 536 g/mol. The van der Waals surface area contributed by atoms with E-state index in [2.05, 4.69) is 20.4 Å². The SMILES string of the molecule is C.CC(C)(C)c1cc(N)no1.CC(C)(C)c1cc(NC(=O)Oc2ccccc2)no1.O=C(Cl)Oc1ccccc1. The Kier molecular flexibility index (Phi) is 12.9. The Labute approximate surface area is 239 Å². The highest BCUT2D eigenvalue weighted by atomic mass is 35.5. The number of halogens is 1. The number of nitrogens with one attached hydrogen (secondary N) is 1. The number of nitrogens with two attached hydrogens (primary N) is 1. The lowest BCUT2D eigenvalue weighted by molar-refractivity contribution is 0.215. The third kappa shape index (κ3) is 12.5. The second-order valence-electron chi connectivity index (χ2n) is 10.2. The molecule has 0 fully saturated rings. The lowest BCUT2D eigenvalue weighted by Crippen LogP contribution is -2.16. The molecular formula is C29H37ClN4O6. The van der Waals surface area contributed by atoms with E-state index in [-0.39, 0.29) is 18.3 Å². The van der Waals surface area contributed by atoms with Gasteiger partial charge >= 0.3 is 11.5 Å². The summed E-state index contributed by atoms with van der Waals surface area (Å²) in [6, 6.07) is 20.9. The molecule has 0 radical (unpaired) electrons. The molecule has 0 saturated carbocycles. The average molecular weight is 573 g/mol. The molecule has 0 bridgehead atoms. The first kappa shape index (κ1) is 33.7. The van der Waals surface area contributed by atoms with Gasteiger partial charge in [-0.3, -0.25) is 5.32 Å². The molecule has 2 aromatic heterocycles. The van der Waals surface area contributed by atoms with Crippen LogP contribution in [0.1, 0.15) is 60.5 Å². The summed E-state index contributed by atoms with van der Waals surface area (Å²) in [5.74, 6) is 3.24. The number of anilines is 2. The Morgan fingerprint density at radius 1 is 0.775 bits per heavy atom. The van der Waals surface area contributed by atoms with Crippen molar-refractivity contribution in [2.75, 3.05) is 11.1 Å². The zero-order valence-electron chi connectivity index (χ0n) is 22.7. The van der Waals surface area contributed by atoms with Crippen LogP contribution in [0.3, 0.4) is 0 Å². The smallest absolute Gasteiger partial charge is 0.415 e. The molecule has 4 aromatic rings. The van der Waals surface area contributed by atoms with Gasteiger partial charge in [0, 0.05) is 34.6 Å². The Morgan fingerprint density at radius 2 is 1.23 bits per heavy atom. The fourth-order valence-electron chi connectivity index (χ4n) is 2.64. The molecule has 2 heterocycles. The quantitative estimate of drug-likeness (QED) is 0.232. The topological polar surface area (TPSA) is 143 Å². The maximum Gasteiger partial charge on any atom is 0.418 e. The molecule has 0 saturated heterocycles. The van der Waals surface area contributed by atoms with Crippen LogP contribution in [-0.4, -0.2) is 21.8 Å². The summed E-state index contributed by atoms with van der Waals surface area (Å²) < 4.78 is 19.7. The van der Waals surface area contributed by atoms with Gasteiger partial charge in [0.2, 0.25) is 0 Å². The van der Waals surface area contributed by atoms with Gasteiger partial charge in [-0.2, -0.15) is 0 Å². The van der Waals surface area contributed by atoms with Crippen LogP contribution >= 0.6 is 11.6 Å². The number of carbonyl (C=O) groups is 2. The standard InChI is InChI=1S/C14H16N2O3.C7H5ClO2.C7H12N2O.CH4/c1-14(2,3)11-9-12(16-19-11)15-13(17)18-10-7-5-4-6-8-10;8-7(9)10-6-4-2-1-3-5-6;1-7(2,3)5-4-6(8)9-10-5;/h4-9H,1-3H3,(H,15,16,17);1-5H;4H,1-3H3,(H2,8,9);1H4. The van der Waals surface area contributed by atoms with Gasteiger partial charge in [-0.1, -0.05) is 95.7 Å². The van der Waals surface area contributed by atoms with Gasteiger partial charge < -0.3 is 24.3 Å². The predicted octanol–water partition coefficient (Wildman–Crippen LogP) is 8.20. The van der Waals surface area contributed by atoms with E-state index in [0.717, 1.165) is 5.76 Å². The molecule has 10 nitrogen and oxygen atoms in total. The van der Waals surface area contributed by atoms with Crippen molar-refractivity contribution < 1.29 is 28.1 Å². The van der Waals surface area contributed by atoms with Gasteiger partial charge in [0.25, 0.3) is 0 Å². The lowest BCUT2D eigenvalue weighted by atomic mass is 9.93. The highest BCUT2D eigenvalue weighted by Gasteiger charge is 2.21. The molecule has 11 heteroatoms. The second-order valence-corrected chi connectivity index (χ2v) is 10.5. The highest BCUT2D eigenvalue weighted by molar-refractivity contribution is 6.61. The summed E-state index contributed by atoms with van der Waals surface area (Å²) in [6.07, 6.45) is -0.597. The van der Waals surface area contributed by atoms with Crippen LogP contribution in [0, 0.1) is 0 Å². The molecule has 0 spiro atoms. The van der Waals surface area contributed by atoms with Crippen molar-refractivity contribution in [2.24, 2.45) is 0 Å². The van der Waals surface area contributed by atoms with E-state index in [4.69, 9.17) is 31.1 Å². The summed E-state index contributed by atoms with van der Waals surface area (Å²) in [5.41, 5.74) is 4.40. The number of hydrogen-bond donors (Lipinski definition) is 2. The zero-order chi connectivity index (χ0) is 29.1. The van der Waals surface area contributed by atoms with E-state index in [1.165, 1.54) is 0 Å². The van der Waals surface area contributed by atoms with Gasteiger partial charge in [0.15, 0.2) is 11.6 Å². The molecule has 40 heavy (non-hydrogen) atoms. The normalized spacial score (nSPS) is 10.5.